The molecule has 13 heavy (non-hydrogen) atoms. The van der Waals surface area contributed by atoms with Crippen molar-refractivity contribution in [1.29, 1.82) is 0 Å². The molecule has 1 rings (SSSR count). The van der Waals surface area contributed by atoms with Gasteiger partial charge in [-0.05, 0) is 0 Å². The summed E-state index contributed by atoms with van der Waals surface area (Å²) in [6, 6.07) is 0. The van der Waals surface area contributed by atoms with Crippen molar-refractivity contribution in [2.75, 3.05) is 0 Å². The molecule has 0 amide bonds. The normalized spacial score (nSPS) is 33.2. The van der Waals surface area contributed by atoms with Crippen molar-refractivity contribution in [3.05, 3.63) is 0 Å². The van der Waals surface area contributed by atoms with Crippen LogP contribution < -0.4 is 0 Å². The summed E-state index contributed by atoms with van der Waals surface area (Å²) in [4.78, 5) is 0. The Bertz CT molecular complexity index is 166. The molecule has 0 aromatic heterocycles. The number of ether oxygens (including phenoxy) is 2. The van der Waals surface area contributed by atoms with Crippen molar-refractivity contribution in [3.8, 4) is 0 Å². The van der Waals surface area contributed by atoms with E-state index in [1.807, 2.05) is 0 Å². The predicted molar refractivity (Wildman–Crippen MR) is 26.7 cm³/mol. The summed E-state index contributed by atoms with van der Waals surface area (Å²) in [5.74, 6) is -3.78. The zero-order valence-electron chi connectivity index (χ0n) is 5.89. The first-order chi connectivity index (χ1) is 5.90. The third-order valence-corrected chi connectivity index (χ3v) is 1.41. The highest BCUT2D eigenvalue weighted by atomic mass is 19.3. The van der Waals surface area contributed by atoms with Crippen LogP contribution in [0.5, 0.6) is 0 Å². The van der Waals surface area contributed by atoms with Gasteiger partial charge in [0.05, 0.1) is 0 Å². The second-order valence-electron chi connectivity index (χ2n) is 2.26. The van der Waals surface area contributed by atoms with Gasteiger partial charge in [0.15, 0.2) is 0 Å². The molecule has 1 saturated heterocycles. The molecule has 0 bridgehead atoms. The fraction of sp³-hybridized carbons (Fsp3) is 1.00. The molecule has 0 N–H and O–H groups in total. The smallest absolute Gasteiger partial charge is 0.298 e. The molecule has 0 unspecified atom stereocenters. The highest BCUT2D eigenvalue weighted by Crippen LogP contribution is 2.39. The second kappa shape index (κ2) is 3.33. The molecule has 2 nitrogen and oxygen atoms in total. The van der Waals surface area contributed by atoms with E-state index in [9.17, 15) is 26.3 Å². The van der Waals surface area contributed by atoms with Crippen LogP contribution in [0.25, 0.3) is 0 Å². The monoisotopic (exact) mass is 210 g/mol. The zero-order valence-corrected chi connectivity index (χ0v) is 5.89. The quantitative estimate of drug-likeness (QED) is 0.647. The lowest BCUT2D eigenvalue weighted by molar-refractivity contribution is -0.312. The van der Waals surface area contributed by atoms with Crippen molar-refractivity contribution in [2.45, 2.75) is 31.4 Å². The molecule has 1 heterocycles. The van der Waals surface area contributed by atoms with Gasteiger partial charge in [-0.1, -0.05) is 0 Å². The van der Waals surface area contributed by atoms with Crippen molar-refractivity contribution < 1.29 is 35.8 Å². The topological polar surface area (TPSA) is 18.5 Å². The van der Waals surface area contributed by atoms with Crippen LogP contribution in [-0.2, 0) is 9.47 Å². The first-order valence-electron chi connectivity index (χ1n) is 3.10. The van der Waals surface area contributed by atoms with Crippen molar-refractivity contribution in [3.63, 3.8) is 0 Å². The maximum Gasteiger partial charge on any atom is 0.298 e. The van der Waals surface area contributed by atoms with Crippen molar-refractivity contribution in [2.24, 2.45) is 0 Å². The molecule has 78 valence electrons. The minimum absolute atomic E-state index is 2.91. The molecule has 1 fully saturated rings. The van der Waals surface area contributed by atoms with Gasteiger partial charge in [-0.2, -0.15) is 0 Å². The largest absolute Gasteiger partial charge is 0.301 e. The van der Waals surface area contributed by atoms with E-state index in [1.54, 1.807) is 0 Å². The van der Waals surface area contributed by atoms with Crippen LogP contribution in [0.15, 0.2) is 0 Å². The van der Waals surface area contributed by atoms with Gasteiger partial charge in [0, 0.05) is 0 Å². The fourth-order valence-corrected chi connectivity index (χ4v) is 0.788. The number of alkyl halides is 6. The maximum atomic E-state index is 12.1. The standard InChI is InChI=1S/C5H4F6O2/c6-1-2(7)13-5(12-1,3(8)9)4(10)11/h1-4H/t1-,2-/m0/s1. The summed E-state index contributed by atoms with van der Waals surface area (Å²) in [5, 5.41) is 0. The van der Waals surface area contributed by atoms with Gasteiger partial charge in [0.1, 0.15) is 0 Å². The summed E-state index contributed by atoms with van der Waals surface area (Å²) in [6.45, 7) is 0. The van der Waals surface area contributed by atoms with Crippen LogP contribution in [0.2, 0.25) is 0 Å². The minimum Gasteiger partial charge on any atom is -0.301 e. The van der Waals surface area contributed by atoms with Gasteiger partial charge in [0.2, 0.25) is 0 Å². The second-order valence-corrected chi connectivity index (χ2v) is 2.26. The molecule has 0 aromatic rings. The lowest BCUT2D eigenvalue weighted by Crippen LogP contribution is -2.46. The first kappa shape index (κ1) is 10.6. The Kier molecular flexibility index (Phi) is 2.71. The Balaban J connectivity index is 2.83. The number of halogens is 6. The van der Waals surface area contributed by atoms with Crippen LogP contribution in [0.1, 0.15) is 0 Å². The SMILES string of the molecule is FC(F)C1(C(F)F)O[C@H](F)[C@@H](F)O1. The van der Waals surface area contributed by atoms with E-state index in [2.05, 4.69) is 9.47 Å². The Morgan fingerprint density at radius 3 is 1.31 bits per heavy atom. The molecular formula is C5H4F6O2. The third-order valence-electron chi connectivity index (χ3n) is 1.41. The Morgan fingerprint density at radius 2 is 1.15 bits per heavy atom. The van der Waals surface area contributed by atoms with E-state index in [4.69, 9.17) is 0 Å². The summed E-state index contributed by atoms with van der Waals surface area (Å²) in [7, 11) is 0. The molecule has 0 aliphatic carbocycles. The van der Waals surface area contributed by atoms with E-state index in [0.29, 0.717) is 0 Å². The van der Waals surface area contributed by atoms with Crippen LogP contribution in [-0.4, -0.2) is 31.4 Å². The van der Waals surface area contributed by atoms with Crippen LogP contribution in [0, 0.1) is 0 Å². The number of hydrogen-bond acceptors (Lipinski definition) is 2. The van der Waals surface area contributed by atoms with E-state index >= 15 is 0 Å². The van der Waals surface area contributed by atoms with Gasteiger partial charge in [-0.15, -0.1) is 0 Å². The molecule has 0 radical (unpaired) electrons. The highest BCUT2D eigenvalue weighted by Gasteiger charge is 2.61. The summed E-state index contributed by atoms with van der Waals surface area (Å²) < 4.78 is 78.8. The Morgan fingerprint density at radius 1 is 0.846 bits per heavy atom. The van der Waals surface area contributed by atoms with Gasteiger partial charge in [-0.25, -0.2) is 26.3 Å². The number of hydrogen-bond donors (Lipinski definition) is 0. The van der Waals surface area contributed by atoms with Gasteiger partial charge >= 0.3 is 0 Å². The van der Waals surface area contributed by atoms with Crippen molar-refractivity contribution >= 4 is 0 Å². The molecular weight excluding hydrogens is 206 g/mol. The van der Waals surface area contributed by atoms with Crippen LogP contribution in [0.4, 0.5) is 26.3 Å². The van der Waals surface area contributed by atoms with E-state index in [1.165, 1.54) is 0 Å². The van der Waals surface area contributed by atoms with Crippen LogP contribution >= 0.6 is 0 Å². The minimum atomic E-state index is -3.83. The average molecular weight is 210 g/mol. The lowest BCUT2D eigenvalue weighted by Gasteiger charge is -2.24. The molecule has 0 aromatic carbocycles. The van der Waals surface area contributed by atoms with Crippen LogP contribution in [0.3, 0.4) is 0 Å². The predicted octanol–water partition coefficient (Wildman–Crippen LogP) is 1.85. The van der Waals surface area contributed by atoms with Gasteiger partial charge in [-0.3, -0.25) is 0 Å². The molecule has 0 spiro atoms. The average Bonchev–Trinajstić information content (AvgIpc) is 2.29. The molecule has 1 aliphatic heterocycles. The third kappa shape index (κ3) is 1.60. The number of rotatable bonds is 2. The lowest BCUT2D eigenvalue weighted by atomic mass is 10.3. The van der Waals surface area contributed by atoms with Crippen molar-refractivity contribution in [1.82, 2.24) is 0 Å². The summed E-state index contributed by atoms with van der Waals surface area (Å²) in [6.07, 6.45) is -13.5. The Hall–Kier alpha value is -0.500. The Labute approximate surface area is 68.4 Å². The zero-order chi connectivity index (χ0) is 10.2. The molecule has 8 heteroatoms. The summed E-state index contributed by atoms with van der Waals surface area (Å²) >= 11 is 0. The van der Waals surface area contributed by atoms with Gasteiger partial charge < -0.3 is 9.47 Å². The fourth-order valence-electron chi connectivity index (χ4n) is 0.788. The maximum absolute atomic E-state index is 12.1. The molecule has 2 atom stereocenters. The molecule has 1 aliphatic rings. The van der Waals surface area contributed by atoms with E-state index < -0.39 is 31.4 Å². The highest BCUT2D eigenvalue weighted by molar-refractivity contribution is 4.82. The van der Waals surface area contributed by atoms with E-state index in [-0.39, 0.29) is 0 Å². The van der Waals surface area contributed by atoms with E-state index in [0.717, 1.165) is 0 Å². The summed E-state index contributed by atoms with van der Waals surface area (Å²) in [5.41, 5.74) is 0. The molecule has 0 saturated carbocycles. The van der Waals surface area contributed by atoms with Gasteiger partial charge in [0.25, 0.3) is 31.4 Å². The first-order valence-corrected chi connectivity index (χ1v) is 3.10.